The molecule has 1 N–H and O–H groups in total. The zero-order chi connectivity index (χ0) is 21.0. The number of sulfonamides is 1. The Balaban J connectivity index is 1.93. The standard InChI is InChI=1S/C21H21BrN2O4S/c1-15-12-19(9-10-20(15)22)29(26,27)24(14-18-4-3-11-28-18)13-16-5-7-17(8-6-16)21(25)23-2/h3-12H,13-14H2,1-2H3,(H,23,25). The molecule has 1 heterocycles. The second-order valence-corrected chi connectivity index (χ2v) is 9.33. The molecule has 0 fully saturated rings. The Kier molecular flexibility index (Phi) is 6.56. The van der Waals surface area contributed by atoms with Crippen molar-refractivity contribution in [2.75, 3.05) is 7.05 Å². The van der Waals surface area contributed by atoms with Crippen molar-refractivity contribution < 1.29 is 17.6 Å². The quantitative estimate of drug-likeness (QED) is 0.556. The highest BCUT2D eigenvalue weighted by Gasteiger charge is 2.26. The van der Waals surface area contributed by atoms with Gasteiger partial charge in [0, 0.05) is 23.6 Å². The third-order valence-corrected chi connectivity index (χ3v) is 7.16. The molecule has 6 nitrogen and oxygen atoms in total. The van der Waals surface area contributed by atoms with Crippen LogP contribution in [0.25, 0.3) is 0 Å². The van der Waals surface area contributed by atoms with Crippen LogP contribution in [0.3, 0.4) is 0 Å². The van der Waals surface area contributed by atoms with E-state index in [2.05, 4.69) is 21.2 Å². The minimum atomic E-state index is -3.77. The lowest BCUT2D eigenvalue weighted by atomic mass is 10.1. The number of nitrogens with zero attached hydrogens (tertiary/aromatic N) is 1. The Hall–Kier alpha value is -2.42. The predicted molar refractivity (Wildman–Crippen MR) is 114 cm³/mol. The van der Waals surface area contributed by atoms with Gasteiger partial charge < -0.3 is 9.73 Å². The van der Waals surface area contributed by atoms with E-state index in [4.69, 9.17) is 4.42 Å². The molecule has 0 saturated heterocycles. The predicted octanol–water partition coefficient (Wildman–Crippen LogP) is 4.10. The van der Waals surface area contributed by atoms with E-state index in [1.54, 1.807) is 61.6 Å². The largest absolute Gasteiger partial charge is 0.468 e. The van der Waals surface area contributed by atoms with E-state index < -0.39 is 10.0 Å². The number of carbonyl (C=O) groups excluding carboxylic acids is 1. The van der Waals surface area contributed by atoms with Crippen LogP contribution in [-0.4, -0.2) is 25.7 Å². The number of benzene rings is 2. The van der Waals surface area contributed by atoms with Gasteiger partial charge in [-0.05, 0) is 60.5 Å². The van der Waals surface area contributed by atoms with Crippen LogP contribution in [0.5, 0.6) is 0 Å². The number of aryl methyl sites for hydroxylation is 1. The summed E-state index contributed by atoms with van der Waals surface area (Å²) in [4.78, 5) is 11.9. The molecule has 1 aromatic heterocycles. The molecule has 29 heavy (non-hydrogen) atoms. The summed E-state index contributed by atoms with van der Waals surface area (Å²) in [7, 11) is -2.21. The maximum Gasteiger partial charge on any atom is 0.251 e. The van der Waals surface area contributed by atoms with Crippen LogP contribution < -0.4 is 5.32 Å². The molecular weight excluding hydrogens is 456 g/mol. The number of hydrogen-bond donors (Lipinski definition) is 1. The SMILES string of the molecule is CNC(=O)c1ccc(CN(Cc2ccco2)S(=O)(=O)c2ccc(Br)c(C)c2)cc1. The number of hydrogen-bond acceptors (Lipinski definition) is 4. The van der Waals surface area contributed by atoms with Crippen molar-refractivity contribution >= 4 is 31.9 Å². The van der Waals surface area contributed by atoms with E-state index in [0.717, 1.165) is 15.6 Å². The highest BCUT2D eigenvalue weighted by Crippen LogP contribution is 2.25. The number of nitrogens with one attached hydrogen (secondary N) is 1. The van der Waals surface area contributed by atoms with Gasteiger partial charge >= 0.3 is 0 Å². The van der Waals surface area contributed by atoms with Gasteiger partial charge in [0.05, 0.1) is 17.7 Å². The fraction of sp³-hybridized carbons (Fsp3) is 0.190. The summed E-state index contributed by atoms with van der Waals surface area (Å²) in [5, 5.41) is 2.57. The van der Waals surface area contributed by atoms with Crippen molar-refractivity contribution in [1.29, 1.82) is 0 Å². The van der Waals surface area contributed by atoms with Crippen LogP contribution in [0.15, 0.2) is 74.6 Å². The van der Waals surface area contributed by atoms with Gasteiger partial charge in [0.25, 0.3) is 5.91 Å². The fourth-order valence-electron chi connectivity index (χ4n) is 2.84. The first-order chi connectivity index (χ1) is 13.8. The summed E-state index contributed by atoms with van der Waals surface area (Å²) in [5.41, 5.74) is 2.11. The molecule has 0 spiro atoms. The zero-order valence-electron chi connectivity index (χ0n) is 16.1. The van der Waals surface area contributed by atoms with E-state index >= 15 is 0 Å². The van der Waals surface area contributed by atoms with Gasteiger partial charge in [0.2, 0.25) is 10.0 Å². The zero-order valence-corrected chi connectivity index (χ0v) is 18.5. The normalized spacial score (nSPS) is 11.6. The van der Waals surface area contributed by atoms with Gasteiger partial charge in [-0.1, -0.05) is 28.1 Å². The molecule has 0 aliphatic carbocycles. The highest BCUT2D eigenvalue weighted by molar-refractivity contribution is 9.10. The van der Waals surface area contributed by atoms with Gasteiger partial charge in [-0.3, -0.25) is 4.79 Å². The lowest BCUT2D eigenvalue weighted by molar-refractivity contribution is 0.0963. The molecule has 2 aromatic carbocycles. The summed E-state index contributed by atoms with van der Waals surface area (Å²) >= 11 is 3.40. The molecule has 152 valence electrons. The lowest BCUT2D eigenvalue weighted by Gasteiger charge is -2.22. The lowest BCUT2D eigenvalue weighted by Crippen LogP contribution is -2.30. The Labute approximate surface area is 178 Å². The first-order valence-corrected chi connectivity index (χ1v) is 11.1. The van der Waals surface area contributed by atoms with Crippen LogP contribution in [-0.2, 0) is 23.1 Å². The van der Waals surface area contributed by atoms with E-state index in [1.807, 2.05) is 6.92 Å². The van der Waals surface area contributed by atoms with Crippen molar-refractivity contribution in [1.82, 2.24) is 9.62 Å². The molecule has 0 aliphatic heterocycles. The molecule has 8 heteroatoms. The van der Waals surface area contributed by atoms with Crippen LogP contribution in [0.1, 0.15) is 27.2 Å². The monoisotopic (exact) mass is 476 g/mol. The van der Waals surface area contributed by atoms with Crippen LogP contribution in [0, 0.1) is 6.92 Å². The van der Waals surface area contributed by atoms with Crippen LogP contribution >= 0.6 is 15.9 Å². The molecule has 0 radical (unpaired) electrons. The molecule has 0 aliphatic rings. The van der Waals surface area contributed by atoms with E-state index in [0.29, 0.717) is 11.3 Å². The number of amides is 1. The Morgan fingerprint density at radius 3 is 2.41 bits per heavy atom. The molecule has 1 amide bonds. The minimum absolute atomic E-state index is 0.0989. The third kappa shape index (κ3) is 4.95. The number of carbonyl (C=O) groups is 1. The van der Waals surface area contributed by atoms with Crippen molar-refractivity contribution in [3.63, 3.8) is 0 Å². The average Bonchev–Trinajstić information content (AvgIpc) is 3.22. The molecule has 0 unspecified atom stereocenters. The van der Waals surface area contributed by atoms with Crippen molar-refractivity contribution in [3.8, 4) is 0 Å². The summed E-state index contributed by atoms with van der Waals surface area (Å²) < 4.78 is 34.3. The highest BCUT2D eigenvalue weighted by atomic mass is 79.9. The first-order valence-electron chi connectivity index (χ1n) is 8.91. The summed E-state index contributed by atoms with van der Waals surface area (Å²) in [5.74, 6) is 0.353. The van der Waals surface area contributed by atoms with Gasteiger partial charge in [0.1, 0.15) is 5.76 Å². The van der Waals surface area contributed by atoms with E-state index in [-0.39, 0.29) is 23.9 Å². The summed E-state index contributed by atoms with van der Waals surface area (Å²) in [6, 6.07) is 15.3. The van der Waals surface area contributed by atoms with Gasteiger partial charge in [-0.2, -0.15) is 4.31 Å². The van der Waals surface area contributed by atoms with E-state index in [9.17, 15) is 13.2 Å². The molecule has 3 aromatic rings. The molecule has 0 saturated carbocycles. The Morgan fingerprint density at radius 1 is 1.10 bits per heavy atom. The smallest absolute Gasteiger partial charge is 0.251 e. The van der Waals surface area contributed by atoms with Crippen molar-refractivity contribution in [2.45, 2.75) is 24.9 Å². The fourth-order valence-corrected chi connectivity index (χ4v) is 4.57. The Bertz CT molecular complexity index is 1090. The summed E-state index contributed by atoms with van der Waals surface area (Å²) in [6.45, 7) is 2.09. The van der Waals surface area contributed by atoms with Crippen molar-refractivity contribution in [2.24, 2.45) is 0 Å². The van der Waals surface area contributed by atoms with Crippen LogP contribution in [0.2, 0.25) is 0 Å². The number of rotatable bonds is 7. The molecule has 0 atom stereocenters. The third-order valence-electron chi connectivity index (χ3n) is 4.48. The topological polar surface area (TPSA) is 79.6 Å². The minimum Gasteiger partial charge on any atom is -0.468 e. The van der Waals surface area contributed by atoms with E-state index in [1.165, 1.54) is 10.6 Å². The molecule has 3 rings (SSSR count). The molecular formula is C21H21BrN2O4S. The second kappa shape index (κ2) is 8.94. The van der Waals surface area contributed by atoms with Gasteiger partial charge in [-0.15, -0.1) is 0 Å². The first kappa shape index (κ1) is 21.3. The molecule has 0 bridgehead atoms. The second-order valence-electron chi connectivity index (χ2n) is 6.54. The van der Waals surface area contributed by atoms with Crippen molar-refractivity contribution in [3.05, 3.63) is 87.8 Å². The van der Waals surface area contributed by atoms with Gasteiger partial charge in [0.15, 0.2) is 0 Å². The Morgan fingerprint density at radius 2 is 1.83 bits per heavy atom. The van der Waals surface area contributed by atoms with Crippen LogP contribution in [0.4, 0.5) is 0 Å². The maximum absolute atomic E-state index is 13.4. The maximum atomic E-state index is 13.4. The number of halogens is 1. The average molecular weight is 477 g/mol. The number of furan rings is 1. The van der Waals surface area contributed by atoms with Gasteiger partial charge in [-0.25, -0.2) is 8.42 Å². The summed E-state index contributed by atoms with van der Waals surface area (Å²) in [6.07, 6.45) is 1.52.